The SMILES string of the molecule is CCOC(=O)N1CCC(Nc2nc3ncccc3[nH]2)CC1. The molecule has 3 rings (SSSR count). The smallest absolute Gasteiger partial charge is 0.409 e. The summed E-state index contributed by atoms with van der Waals surface area (Å²) >= 11 is 0. The number of aromatic nitrogens is 3. The molecule has 0 spiro atoms. The van der Waals surface area contributed by atoms with Crippen molar-refractivity contribution in [1.82, 2.24) is 19.9 Å². The zero-order valence-electron chi connectivity index (χ0n) is 12.0. The molecule has 2 N–H and O–H groups in total. The van der Waals surface area contributed by atoms with Gasteiger partial charge in [0.05, 0.1) is 12.1 Å². The summed E-state index contributed by atoms with van der Waals surface area (Å²) in [5.41, 5.74) is 1.63. The lowest BCUT2D eigenvalue weighted by Crippen LogP contribution is -2.42. The first-order valence-corrected chi connectivity index (χ1v) is 7.25. The molecule has 0 saturated carbocycles. The van der Waals surface area contributed by atoms with Crippen molar-refractivity contribution in [3.63, 3.8) is 0 Å². The minimum Gasteiger partial charge on any atom is -0.450 e. The third-order valence-corrected chi connectivity index (χ3v) is 3.62. The third kappa shape index (κ3) is 3.07. The first kappa shape index (κ1) is 13.7. The highest BCUT2D eigenvalue weighted by Gasteiger charge is 2.23. The van der Waals surface area contributed by atoms with Crippen LogP contribution in [-0.2, 0) is 4.74 Å². The average Bonchev–Trinajstić information content (AvgIpc) is 2.90. The summed E-state index contributed by atoms with van der Waals surface area (Å²) < 4.78 is 5.01. The predicted molar refractivity (Wildman–Crippen MR) is 79.1 cm³/mol. The molecule has 1 aliphatic heterocycles. The van der Waals surface area contributed by atoms with Crippen molar-refractivity contribution >= 4 is 23.2 Å². The molecule has 2 aromatic rings. The summed E-state index contributed by atoms with van der Waals surface area (Å²) in [6, 6.07) is 4.13. The molecule has 7 heteroatoms. The van der Waals surface area contributed by atoms with E-state index < -0.39 is 0 Å². The summed E-state index contributed by atoms with van der Waals surface area (Å²) in [5, 5.41) is 3.38. The van der Waals surface area contributed by atoms with E-state index in [9.17, 15) is 4.79 Å². The number of H-pyrrole nitrogens is 1. The minimum absolute atomic E-state index is 0.219. The molecule has 1 aliphatic rings. The van der Waals surface area contributed by atoms with Crippen molar-refractivity contribution < 1.29 is 9.53 Å². The van der Waals surface area contributed by atoms with Crippen molar-refractivity contribution in [3.05, 3.63) is 18.3 Å². The van der Waals surface area contributed by atoms with Crippen LogP contribution in [-0.4, -0.2) is 51.7 Å². The van der Waals surface area contributed by atoms with Crippen molar-refractivity contribution in [2.24, 2.45) is 0 Å². The number of nitrogens with one attached hydrogen (secondary N) is 2. The molecule has 0 unspecified atom stereocenters. The summed E-state index contributed by atoms with van der Waals surface area (Å²) in [7, 11) is 0. The molecule has 0 radical (unpaired) electrons. The highest BCUT2D eigenvalue weighted by atomic mass is 16.6. The molecule has 3 heterocycles. The lowest BCUT2D eigenvalue weighted by Gasteiger charge is -2.31. The van der Waals surface area contributed by atoms with Gasteiger partial charge in [-0.3, -0.25) is 0 Å². The number of carbonyl (C=O) groups excluding carboxylic acids is 1. The second-order valence-corrected chi connectivity index (χ2v) is 5.06. The van der Waals surface area contributed by atoms with Gasteiger partial charge < -0.3 is 19.9 Å². The number of amides is 1. The van der Waals surface area contributed by atoms with Gasteiger partial charge in [0.25, 0.3) is 0 Å². The Morgan fingerprint density at radius 3 is 3.05 bits per heavy atom. The molecule has 0 atom stereocenters. The monoisotopic (exact) mass is 289 g/mol. The molecule has 2 aromatic heterocycles. The van der Waals surface area contributed by atoms with Gasteiger partial charge in [-0.25, -0.2) is 9.78 Å². The van der Waals surface area contributed by atoms with Crippen molar-refractivity contribution in [2.45, 2.75) is 25.8 Å². The van der Waals surface area contributed by atoms with Gasteiger partial charge in [0.2, 0.25) is 5.95 Å². The zero-order chi connectivity index (χ0) is 14.7. The van der Waals surface area contributed by atoms with Gasteiger partial charge in [-0.2, -0.15) is 4.98 Å². The third-order valence-electron chi connectivity index (χ3n) is 3.62. The molecule has 1 amide bonds. The van der Waals surface area contributed by atoms with Crippen molar-refractivity contribution in [2.75, 3.05) is 25.0 Å². The van der Waals surface area contributed by atoms with Crippen LogP contribution in [0.5, 0.6) is 0 Å². The largest absolute Gasteiger partial charge is 0.450 e. The Morgan fingerprint density at radius 1 is 1.52 bits per heavy atom. The van der Waals surface area contributed by atoms with E-state index >= 15 is 0 Å². The van der Waals surface area contributed by atoms with Crippen LogP contribution < -0.4 is 5.32 Å². The van der Waals surface area contributed by atoms with E-state index in [1.54, 1.807) is 11.1 Å². The van der Waals surface area contributed by atoms with E-state index in [0.717, 1.165) is 24.3 Å². The molecule has 1 fully saturated rings. The highest BCUT2D eigenvalue weighted by Crippen LogP contribution is 2.17. The fourth-order valence-electron chi connectivity index (χ4n) is 2.53. The molecule has 0 bridgehead atoms. The van der Waals surface area contributed by atoms with Crippen LogP contribution in [0.15, 0.2) is 18.3 Å². The molecule has 0 aromatic carbocycles. The standard InChI is InChI=1S/C14H19N5O2/c1-2-21-14(20)19-8-5-10(6-9-19)16-13-17-11-4-3-7-15-12(11)18-13/h3-4,7,10H,2,5-6,8-9H2,1H3,(H2,15,16,17,18). The van der Waals surface area contributed by atoms with Gasteiger partial charge in [-0.15, -0.1) is 0 Å². The predicted octanol–water partition coefficient (Wildman–Crippen LogP) is 1.99. The number of nitrogens with zero attached hydrogens (tertiary/aromatic N) is 3. The number of hydrogen-bond acceptors (Lipinski definition) is 5. The van der Waals surface area contributed by atoms with Crippen LogP contribution >= 0.6 is 0 Å². The van der Waals surface area contributed by atoms with E-state index in [4.69, 9.17) is 4.74 Å². The molecule has 21 heavy (non-hydrogen) atoms. The number of fused-ring (bicyclic) bond motifs is 1. The molecular formula is C14H19N5O2. The number of pyridine rings is 1. The topological polar surface area (TPSA) is 83.1 Å². The number of anilines is 1. The Kier molecular flexibility index (Phi) is 3.89. The summed E-state index contributed by atoms with van der Waals surface area (Å²) in [5.74, 6) is 0.735. The van der Waals surface area contributed by atoms with Crippen molar-refractivity contribution in [3.8, 4) is 0 Å². The lowest BCUT2D eigenvalue weighted by atomic mass is 10.1. The average molecular weight is 289 g/mol. The molecule has 1 saturated heterocycles. The number of hydrogen-bond donors (Lipinski definition) is 2. The van der Waals surface area contributed by atoms with Gasteiger partial charge in [0, 0.05) is 25.3 Å². The normalized spacial score (nSPS) is 16.1. The number of piperidine rings is 1. The van der Waals surface area contributed by atoms with Crippen LogP contribution in [0.4, 0.5) is 10.7 Å². The Hall–Kier alpha value is -2.31. The number of imidazole rings is 1. The second kappa shape index (κ2) is 5.99. The number of likely N-dealkylation sites (tertiary alicyclic amines) is 1. The van der Waals surface area contributed by atoms with Gasteiger partial charge in [0.15, 0.2) is 5.65 Å². The van der Waals surface area contributed by atoms with Crippen molar-refractivity contribution in [1.29, 1.82) is 0 Å². The maximum Gasteiger partial charge on any atom is 0.409 e. The van der Waals surface area contributed by atoms with E-state index in [1.165, 1.54) is 0 Å². The number of carbonyl (C=O) groups is 1. The number of ether oxygens (including phenoxy) is 1. The lowest BCUT2D eigenvalue weighted by molar-refractivity contribution is 0.0983. The van der Waals surface area contributed by atoms with Gasteiger partial charge in [-0.1, -0.05) is 0 Å². The van der Waals surface area contributed by atoms with Crippen LogP contribution in [0, 0.1) is 0 Å². The summed E-state index contributed by atoms with van der Waals surface area (Å²) in [4.78, 5) is 25.2. The van der Waals surface area contributed by atoms with Gasteiger partial charge in [-0.05, 0) is 31.9 Å². The molecular weight excluding hydrogens is 270 g/mol. The molecule has 7 nitrogen and oxygen atoms in total. The molecule has 112 valence electrons. The Balaban J connectivity index is 1.56. The highest BCUT2D eigenvalue weighted by molar-refractivity contribution is 5.72. The molecule has 0 aliphatic carbocycles. The van der Waals surface area contributed by atoms with E-state index in [2.05, 4.69) is 20.3 Å². The summed E-state index contributed by atoms with van der Waals surface area (Å²) in [6.45, 7) is 3.65. The van der Waals surface area contributed by atoms with Crippen LogP contribution in [0.3, 0.4) is 0 Å². The van der Waals surface area contributed by atoms with E-state index in [0.29, 0.717) is 31.4 Å². The quantitative estimate of drug-likeness (QED) is 0.903. The Labute approximate surface area is 122 Å². The zero-order valence-corrected chi connectivity index (χ0v) is 12.0. The second-order valence-electron chi connectivity index (χ2n) is 5.06. The fourth-order valence-corrected chi connectivity index (χ4v) is 2.53. The number of rotatable bonds is 3. The Morgan fingerprint density at radius 2 is 2.33 bits per heavy atom. The maximum atomic E-state index is 11.6. The Bertz CT molecular complexity index is 586. The summed E-state index contributed by atoms with van der Waals surface area (Å²) in [6.07, 6.45) is 3.26. The van der Waals surface area contributed by atoms with E-state index in [-0.39, 0.29) is 6.09 Å². The first-order chi connectivity index (χ1) is 10.3. The van der Waals surface area contributed by atoms with Crippen LogP contribution in [0.25, 0.3) is 11.2 Å². The van der Waals surface area contributed by atoms with Crippen LogP contribution in [0.1, 0.15) is 19.8 Å². The van der Waals surface area contributed by atoms with Crippen LogP contribution in [0.2, 0.25) is 0 Å². The first-order valence-electron chi connectivity index (χ1n) is 7.25. The van der Waals surface area contributed by atoms with E-state index in [1.807, 2.05) is 19.1 Å². The number of aromatic amines is 1. The fraction of sp³-hybridized carbons (Fsp3) is 0.500. The minimum atomic E-state index is -0.219. The maximum absolute atomic E-state index is 11.6. The van der Waals surface area contributed by atoms with Gasteiger partial charge >= 0.3 is 6.09 Å². The van der Waals surface area contributed by atoms with Gasteiger partial charge in [0.1, 0.15) is 0 Å².